The van der Waals surface area contributed by atoms with Crippen LogP contribution in [0.4, 0.5) is 10.2 Å². The van der Waals surface area contributed by atoms with E-state index in [4.69, 9.17) is 20.3 Å². The van der Waals surface area contributed by atoms with Gasteiger partial charge in [-0.15, -0.1) is 0 Å². The molecule has 5 aromatic rings. The van der Waals surface area contributed by atoms with Gasteiger partial charge >= 0.3 is 0 Å². The number of ether oxygens (including phenoxy) is 2. The van der Waals surface area contributed by atoms with Gasteiger partial charge in [0.2, 0.25) is 0 Å². The molecule has 1 saturated carbocycles. The lowest BCUT2D eigenvalue weighted by molar-refractivity contribution is -0.116. The van der Waals surface area contributed by atoms with Crippen molar-refractivity contribution in [3.8, 4) is 40.3 Å². The number of benzene rings is 2. The van der Waals surface area contributed by atoms with E-state index >= 15 is 0 Å². The molecule has 0 radical (unpaired) electrons. The van der Waals surface area contributed by atoms with E-state index in [9.17, 15) is 9.18 Å². The Balaban J connectivity index is 1.18. The molecule has 1 amide bonds. The molecule has 0 atom stereocenters. The van der Waals surface area contributed by atoms with E-state index in [2.05, 4.69) is 37.1 Å². The van der Waals surface area contributed by atoms with Crippen LogP contribution in [0.25, 0.3) is 22.3 Å². The van der Waals surface area contributed by atoms with Gasteiger partial charge in [-0.25, -0.2) is 29.0 Å². The maximum absolute atomic E-state index is 14.4. The van der Waals surface area contributed by atoms with Crippen LogP contribution in [0.5, 0.6) is 17.2 Å². The number of aromatic nitrogens is 6. The number of halogens is 1. The van der Waals surface area contributed by atoms with Crippen LogP contribution in [-0.4, -0.2) is 41.7 Å². The largest absolute Gasteiger partial charge is 0.489 e. The number of nitrogen functional groups attached to an aromatic ring is 1. The second-order valence-electron chi connectivity index (χ2n) is 10.8. The second-order valence-corrected chi connectivity index (χ2v) is 10.8. The Labute approximate surface area is 259 Å². The molecule has 0 unspecified atom stereocenters. The highest BCUT2D eigenvalue weighted by Crippen LogP contribution is 2.37. The third kappa shape index (κ3) is 6.83. The number of aryl methyl sites for hydroxylation is 1. The highest BCUT2D eigenvalue weighted by molar-refractivity contribution is 5.98. The van der Waals surface area contributed by atoms with Crippen LogP contribution in [0, 0.1) is 24.6 Å². The van der Waals surface area contributed by atoms with Crippen LogP contribution in [-0.2, 0) is 11.4 Å². The summed E-state index contributed by atoms with van der Waals surface area (Å²) in [7, 11) is 0. The normalized spacial score (nSPS) is 16.1. The highest BCUT2D eigenvalue weighted by Gasteiger charge is 2.27. The molecule has 12 heteroatoms. The topological polar surface area (TPSA) is 143 Å². The fourth-order valence-corrected chi connectivity index (χ4v) is 5.41. The van der Waals surface area contributed by atoms with Crippen molar-refractivity contribution >= 4 is 22.8 Å². The zero-order valence-electron chi connectivity index (χ0n) is 24.8. The average Bonchev–Trinajstić information content (AvgIpc) is 3.42. The van der Waals surface area contributed by atoms with Crippen LogP contribution < -0.4 is 20.5 Å². The van der Waals surface area contributed by atoms with Gasteiger partial charge in [-0.3, -0.25) is 4.79 Å². The minimum atomic E-state index is -0.488. The van der Waals surface area contributed by atoms with Gasteiger partial charge in [0.1, 0.15) is 53.3 Å². The first-order valence-electron chi connectivity index (χ1n) is 14.6. The van der Waals surface area contributed by atoms with Crippen LogP contribution in [0.3, 0.4) is 0 Å². The van der Waals surface area contributed by atoms with E-state index in [1.165, 1.54) is 18.5 Å². The second kappa shape index (κ2) is 13.0. The van der Waals surface area contributed by atoms with Gasteiger partial charge in [0.25, 0.3) is 5.91 Å². The zero-order valence-corrected chi connectivity index (χ0v) is 24.8. The Kier molecular flexibility index (Phi) is 8.50. The molecule has 3 aromatic heterocycles. The zero-order chi connectivity index (χ0) is 31.3. The van der Waals surface area contributed by atoms with E-state index < -0.39 is 5.82 Å². The Morgan fingerprint density at radius 2 is 1.76 bits per heavy atom. The fourth-order valence-electron chi connectivity index (χ4n) is 5.41. The van der Waals surface area contributed by atoms with Gasteiger partial charge < -0.3 is 20.5 Å². The monoisotopic (exact) mass is 606 g/mol. The summed E-state index contributed by atoms with van der Waals surface area (Å²) in [6, 6.07) is 11.7. The van der Waals surface area contributed by atoms with Gasteiger partial charge in [-0.1, -0.05) is 5.92 Å². The first-order chi connectivity index (χ1) is 21.9. The molecule has 1 aliphatic rings. The number of hydrogen-bond acceptors (Lipinski definition) is 9. The number of amides is 1. The number of nitrogens with one attached hydrogen (secondary N) is 1. The molecular formula is C33H31FN8O3. The Morgan fingerprint density at radius 3 is 2.49 bits per heavy atom. The van der Waals surface area contributed by atoms with Crippen molar-refractivity contribution in [3.05, 3.63) is 78.4 Å². The summed E-state index contributed by atoms with van der Waals surface area (Å²) in [6.45, 7) is 3.64. The quantitative estimate of drug-likeness (QED) is 0.225. The van der Waals surface area contributed by atoms with E-state index in [0.29, 0.717) is 45.6 Å². The predicted molar refractivity (Wildman–Crippen MR) is 166 cm³/mol. The molecule has 2 aromatic carbocycles. The number of anilines is 1. The first kappa shape index (κ1) is 29.5. The smallest absolute Gasteiger partial charge is 0.296 e. The van der Waals surface area contributed by atoms with Crippen LogP contribution in [0.2, 0.25) is 0 Å². The Morgan fingerprint density at radius 1 is 1.02 bits per heavy atom. The third-order valence-electron chi connectivity index (χ3n) is 7.58. The highest BCUT2D eigenvalue weighted by atomic mass is 19.1. The fraction of sp³-hybridized carbons (Fsp3) is 0.273. The summed E-state index contributed by atoms with van der Waals surface area (Å²) < 4.78 is 28.0. The predicted octanol–water partition coefficient (Wildman–Crippen LogP) is 5.31. The molecular weight excluding hydrogens is 575 g/mol. The number of carbonyl (C=O) groups excluding carboxylic acids is 1. The van der Waals surface area contributed by atoms with Crippen molar-refractivity contribution in [2.75, 3.05) is 5.73 Å². The Bertz CT molecular complexity index is 1890. The minimum Gasteiger partial charge on any atom is -0.489 e. The number of nitrogens with zero attached hydrogens (tertiary/aromatic N) is 6. The third-order valence-corrected chi connectivity index (χ3v) is 7.58. The van der Waals surface area contributed by atoms with Crippen LogP contribution >= 0.6 is 0 Å². The van der Waals surface area contributed by atoms with Crippen molar-refractivity contribution in [2.45, 2.75) is 58.2 Å². The molecule has 45 heavy (non-hydrogen) atoms. The molecule has 0 aliphatic heterocycles. The molecule has 0 spiro atoms. The van der Waals surface area contributed by atoms with Gasteiger partial charge in [0, 0.05) is 47.8 Å². The van der Waals surface area contributed by atoms with Gasteiger partial charge in [0.05, 0.1) is 11.4 Å². The molecule has 1 fully saturated rings. The van der Waals surface area contributed by atoms with Gasteiger partial charge in [-0.05, 0) is 69.7 Å². The lowest BCUT2D eigenvalue weighted by atomic mass is 9.91. The number of nitrogens with two attached hydrogens (primary N) is 1. The van der Waals surface area contributed by atoms with Crippen molar-refractivity contribution < 1.29 is 18.7 Å². The molecule has 6 rings (SSSR count). The summed E-state index contributed by atoms with van der Waals surface area (Å²) >= 11 is 0. The van der Waals surface area contributed by atoms with Crippen molar-refractivity contribution in [1.29, 1.82) is 0 Å². The average molecular weight is 607 g/mol. The minimum absolute atomic E-state index is 0.0756. The summed E-state index contributed by atoms with van der Waals surface area (Å²) in [6.07, 6.45) is 8.02. The van der Waals surface area contributed by atoms with E-state index in [0.717, 1.165) is 36.8 Å². The SMILES string of the molecule is CC#CC(=O)NC1CCC(n2nc(-c3ccc(Oc4cc(F)cc(OCc5cnc(C)nc5)c4)cc3)c3c(N)ncnc32)CC1. The van der Waals surface area contributed by atoms with Crippen molar-refractivity contribution in [2.24, 2.45) is 0 Å². The number of rotatable bonds is 8. The molecule has 3 N–H and O–H groups in total. The van der Waals surface area contributed by atoms with Gasteiger partial charge in [-0.2, -0.15) is 5.10 Å². The lowest BCUT2D eigenvalue weighted by Crippen LogP contribution is -2.37. The van der Waals surface area contributed by atoms with Gasteiger partial charge in [0.15, 0.2) is 5.65 Å². The molecule has 1 aliphatic carbocycles. The number of hydrogen-bond donors (Lipinski definition) is 2. The van der Waals surface area contributed by atoms with Crippen LogP contribution in [0.15, 0.2) is 61.2 Å². The first-order valence-corrected chi connectivity index (χ1v) is 14.6. The van der Waals surface area contributed by atoms with Crippen LogP contribution in [0.1, 0.15) is 50.0 Å². The Hall–Kier alpha value is -5.57. The summed E-state index contributed by atoms with van der Waals surface area (Å²) in [4.78, 5) is 28.9. The number of carbonyl (C=O) groups is 1. The molecule has 3 heterocycles. The molecule has 11 nitrogen and oxygen atoms in total. The number of fused-ring (bicyclic) bond motifs is 1. The van der Waals surface area contributed by atoms with Crippen molar-refractivity contribution in [1.82, 2.24) is 35.0 Å². The van der Waals surface area contributed by atoms with Crippen molar-refractivity contribution in [3.63, 3.8) is 0 Å². The van der Waals surface area contributed by atoms with E-state index in [1.807, 2.05) is 16.8 Å². The maximum Gasteiger partial charge on any atom is 0.296 e. The molecule has 0 bridgehead atoms. The molecule has 0 saturated heterocycles. The standard InChI is InChI=1S/C33H31FN8O3/c1-3-4-29(43)40-24-7-9-25(10-8-24)42-33-30(32(35)38-19-39-33)31(41-42)22-5-11-26(12-6-22)45-28-14-23(34)13-27(15-28)44-18-21-16-36-20(2)37-17-21/h5-6,11-17,19,24-25H,7-10,18H2,1-2H3,(H,40,43)(H2,35,38,39). The lowest BCUT2D eigenvalue weighted by Gasteiger charge is -2.28. The summed E-state index contributed by atoms with van der Waals surface area (Å²) in [5, 5.41) is 8.61. The summed E-state index contributed by atoms with van der Waals surface area (Å²) in [5.74, 6) is 6.55. The molecule has 228 valence electrons. The maximum atomic E-state index is 14.4. The van der Waals surface area contributed by atoms with E-state index in [1.54, 1.807) is 44.4 Å². The van der Waals surface area contributed by atoms with E-state index in [-0.39, 0.29) is 24.6 Å². The summed E-state index contributed by atoms with van der Waals surface area (Å²) in [5.41, 5.74) is 9.21.